The summed E-state index contributed by atoms with van der Waals surface area (Å²) in [5, 5.41) is 0. The fourth-order valence-corrected chi connectivity index (χ4v) is 2.56. The molecule has 0 aliphatic rings. The number of pyridine rings is 1. The Bertz CT molecular complexity index is 671. The van der Waals surface area contributed by atoms with Crippen LogP contribution in [0.15, 0.2) is 48.8 Å². The molecule has 0 saturated heterocycles. The van der Waals surface area contributed by atoms with E-state index in [1.54, 1.807) is 0 Å². The Morgan fingerprint density at radius 2 is 1.53 bits per heavy atom. The maximum absolute atomic E-state index is 4.61. The van der Waals surface area contributed by atoms with Crippen LogP contribution in [0.25, 0.3) is 16.9 Å². The van der Waals surface area contributed by atoms with Crippen molar-refractivity contribution in [2.75, 3.05) is 0 Å². The van der Waals surface area contributed by atoms with E-state index < -0.39 is 0 Å². The lowest BCUT2D eigenvalue weighted by Crippen LogP contribution is -1.82. The lowest BCUT2D eigenvalue weighted by Gasteiger charge is -1.95. The Labute approximate surface area is 126 Å². The standard InChI is InChI=1S/C13H8I2N2/c14-10-3-1-9(2-4-10)12-8-17-7-11(15)5-6-13(17)16-12/h1-8H. The predicted octanol–water partition coefficient (Wildman–Crippen LogP) is 4.21. The Morgan fingerprint density at radius 3 is 2.29 bits per heavy atom. The normalized spacial score (nSPS) is 10.9. The van der Waals surface area contributed by atoms with Gasteiger partial charge in [0, 0.05) is 25.1 Å². The monoisotopic (exact) mass is 446 g/mol. The van der Waals surface area contributed by atoms with Gasteiger partial charge in [0.25, 0.3) is 0 Å². The van der Waals surface area contributed by atoms with E-state index in [1.165, 1.54) is 7.14 Å². The van der Waals surface area contributed by atoms with Crippen LogP contribution in [0.3, 0.4) is 0 Å². The molecule has 84 valence electrons. The molecule has 17 heavy (non-hydrogen) atoms. The van der Waals surface area contributed by atoms with Crippen LogP contribution in [0.2, 0.25) is 0 Å². The number of halogens is 2. The van der Waals surface area contributed by atoms with Gasteiger partial charge in [0.2, 0.25) is 0 Å². The molecule has 0 spiro atoms. The SMILES string of the molecule is Ic1ccc(-c2cn3cc(I)ccc3n2)cc1. The molecule has 0 fully saturated rings. The molecule has 0 bridgehead atoms. The fourth-order valence-electron chi connectivity index (χ4n) is 1.72. The average molecular weight is 446 g/mol. The van der Waals surface area contributed by atoms with Crippen LogP contribution in [0.5, 0.6) is 0 Å². The van der Waals surface area contributed by atoms with Crippen LogP contribution in [0, 0.1) is 7.14 Å². The first-order valence-corrected chi connectivity index (χ1v) is 7.28. The van der Waals surface area contributed by atoms with Crippen molar-refractivity contribution in [2.24, 2.45) is 0 Å². The van der Waals surface area contributed by atoms with Crippen molar-refractivity contribution in [3.05, 3.63) is 55.9 Å². The zero-order valence-electron chi connectivity index (χ0n) is 8.77. The Kier molecular flexibility index (Phi) is 3.08. The van der Waals surface area contributed by atoms with Gasteiger partial charge in [-0.3, -0.25) is 0 Å². The molecule has 0 radical (unpaired) electrons. The summed E-state index contributed by atoms with van der Waals surface area (Å²) in [6, 6.07) is 12.5. The third-order valence-corrected chi connectivity index (χ3v) is 3.91. The van der Waals surface area contributed by atoms with Crippen LogP contribution in [-0.2, 0) is 0 Å². The van der Waals surface area contributed by atoms with E-state index in [0.29, 0.717) is 0 Å². The largest absolute Gasteiger partial charge is 0.305 e. The molecule has 0 saturated carbocycles. The van der Waals surface area contributed by atoms with Crippen molar-refractivity contribution >= 4 is 50.8 Å². The summed E-state index contributed by atoms with van der Waals surface area (Å²) < 4.78 is 4.51. The second kappa shape index (κ2) is 4.56. The third kappa shape index (κ3) is 2.33. The number of fused-ring (bicyclic) bond motifs is 1. The Hall–Kier alpha value is -0.630. The Morgan fingerprint density at radius 1 is 0.824 bits per heavy atom. The Balaban J connectivity index is 2.14. The first-order chi connectivity index (χ1) is 8.22. The minimum absolute atomic E-state index is 0.985. The summed E-state index contributed by atoms with van der Waals surface area (Å²) in [5.41, 5.74) is 3.16. The zero-order valence-corrected chi connectivity index (χ0v) is 13.1. The molecule has 3 aromatic rings. The highest BCUT2D eigenvalue weighted by molar-refractivity contribution is 14.1. The summed E-state index contributed by atoms with van der Waals surface area (Å²) in [6.07, 6.45) is 4.15. The van der Waals surface area contributed by atoms with E-state index >= 15 is 0 Å². The van der Waals surface area contributed by atoms with E-state index in [4.69, 9.17) is 0 Å². The smallest absolute Gasteiger partial charge is 0.137 e. The summed E-state index contributed by atoms with van der Waals surface area (Å²) in [7, 11) is 0. The highest BCUT2D eigenvalue weighted by atomic mass is 127. The molecule has 1 aromatic carbocycles. The summed E-state index contributed by atoms with van der Waals surface area (Å²) in [5.74, 6) is 0. The fraction of sp³-hybridized carbons (Fsp3) is 0. The maximum atomic E-state index is 4.61. The minimum atomic E-state index is 0.985. The highest BCUT2D eigenvalue weighted by Gasteiger charge is 2.04. The molecule has 0 atom stereocenters. The van der Waals surface area contributed by atoms with Gasteiger partial charge in [-0.15, -0.1) is 0 Å². The van der Waals surface area contributed by atoms with Gasteiger partial charge in [-0.1, -0.05) is 12.1 Å². The van der Waals surface area contributed by atoms with E-state index in [0.717, 1.165) is 16.9 Å². The van der Waals surface area contributed by atoms with Gasteiger partial charge in [-0.05, 0) is 69.4 Å². The first kappa shape index (κ1) is 11.5. The maximum Gasteiger partial charge on any atom is 0.137 e. The molecular weight excluding hydrogens is 438 g/mol. The lowest BCUT2D eigenvalue weighted by atomic mass is 10.2. The van der Waals surface area contributed by atoms with Crippen LogP contribution < -0.4 is 0 Å². The number of hydrogen-bond acceptors (Lipinski definition) is 1. The molecule has 4 heteroatoms. The quantitative estimate of drug-likeness (QED) is 0.513. The number of nitrogens with zero attached hydrogens (tertiary/aromatic N) is 2. The van der Waals surface area contributed by atoms with Crippen molar-refractivity contribution in [3.63, 3.8) is 0 Å². The van der Waals surface area contributed by atoms with Gasteiger partial charge >= 0.3 is 0 Å². The van der Waals surface area contributed by atoms with Gasteiger partial charge in [0.05, 0.1) is 5.69 Å². The van der Waals surface area contributed by atoms with Crippen LogP contribution in [0.1, 0.15) is 0 Å². The molecule has 0 aliphatic heterocycles. The van der Waals surface area contributed by atoms with Gasteiger partial charge in [-0.25, -0.2) is 4.98 Å². The van der Waals surface area contributed by atoms with E-state index in [2.05, 4.69) is 97.3 Å². The van der Waals surface area contributed by atoms with Gasteiger partial charge in [0.15, 0.2) is 0 Å². The summed E-state index contributed by atoms with van der Waals surface area (Å²) in [4.78, 5) is 4.61. The van der Waals surface area contributed by atoms with Crippen LogP contribution in [-0.4, -0.2) is 9.38 Å². The molecular formula is C13H8I2N2. The molecule has 0 N–H and O–H groups in total. The average Bonchev–Trinajstić information content (AvgIpc) is 2.72. The molecule has 3 rings (SSSR count). The van der Waals surface area contributed by atoms with E-state index in [9.17, 15) is 0 Å². The van der Waals surface area contributed by atoms with Gasteiger partial charge in [0.1, 0.15) is 5.65 Å². The minimum Gasteiger partial charge on any atom is -0.305 e. The van der Waals surface area contributed by atoms with Crippen LogP contribution in [0.4, 0.5) is 0 Å². The summed E-state index contributed by atoms with van der Waals surface area (Å²) >= 11 is 4.61. The topological polar surface area (TPSA) is 17.3 Å². The molecule has 0 aliphatic carbocycles. The van der Waals surface area contributed by atoms with Crippen LogP contribution >= 0.6 is 45.2 Å². The molecule has 0 amide bonds. The van der Waals surface area contributed by atoms with Gasteiger partial charge < -0.3 is 4.40 Å². The zero-order chi connectivity index (χ0) is 11.8. The number of rotatable bonds is 1. The van der Waals surface area contributed by atoms with Crippen molar-refractivity contribution in [3.8, 4) is 11.3 Å². The molecule has 2 aromatic heterocycles. The number of benzene rings is 1. The van der Waals surface area contributed by atoms with E-state index in [-0.39, 0.29) is 0 Å². The number of imidazole rings is 1. The molecule has 2 nitrogen and oxygen atoms in total. The van der Waals surface area contributed by atoms with Crippen molar-refractivity contribution < 1.29 is 0 Å². The van der Waals surface area contributed by atoms with E-state index in [1.807, 2.05) is 6.07 Å². The molecule has 2 heterocycles. The molecule has 0 unspecified atom stereocenters. The number of aromatic nitrogens is 2. The van der Waals surface area contributed by atoms with Crippen molar-refractivity contribution in [1.29, 1.82) is 0 Å². The van der Waals surface area contributed by atoms with Crippen molar-refractivity contribution in [2.45, 2.75) is 0 Å². The van der Waals surface area contributed by atoms with Crippen molar-refractivity contribution in [1.82, 2.24) is 9.38 Å². The van der Waals surface area contributed by atoms with Gasteiger partial charge in [-0.2, -0.15) is 0 Å². The first-order valence-electron chi connectivity index (χ1n) is 5.12. The highest BCUT2D eigenvalue weighted by Crippen LogP contribution is 2.20. The second-order valence-corrected chi connectivity index (χ2v) is 6.24. The lowest BCUT2D eigenvalue weighted by molar-refractivity contribution is 1.17. The second-order valence-electron chi connectivity index (χ2n) is 3.75. The number of hydrogen-bond donors (Lipinski definition) is 0. The summed E-state index contributed by atoms with van der Waals surface area (Å²) in [6.45, 7) is 0. The third-order valence-electron chi connectivity index (χ3n) is 2.55. The predicted molar refractivity (Wildman–Crippen MR) is 86.1 cm³/mol.